The Labute approximate surface area is 188 Å². The van der Waals surface area contributed by atoms with Crippen molar-refractivity contribution in [3.05, 3.63) is 46.8 Å². The minimum atomic E-state index is -1.18. The molecule has 0 radical (unpaired) electrons. The number of aromatic nitrogens is 4. The van der Waals surface area contributed by atoms with Gasteiger partial charge in [-0.05, 0) is 35.9 Å². The van der Waals surface area contributed by atoms with E-state index in [4.69, 9.17) is 27.4 Å². The van der Waals surface area contributed by atoms with E-state index >= 15 is 0 Å². The number of rotatable bonds is 5. The van der Waals surface area contributed by atoms with E-state index in [1.807, 2.05) is 30.3 Å². The van der Waals surface area contributed by atoms with Gasteiger partial charge in [0.25, 0.3) is 0 Å². The lowest BCUT2D eigenvalue weighted by molar-refractivity contribution is -0.0474. The largest absolute Gasteiger partial charge is 0.491 e. The summed E-state index contributed by atoms with van der Waals surface area (Å²) in [4.78, 5) is 13.3. The number of anilines is 1. The van der Waals surface area contributed by atoms with Crippen molar-refractivity contribution in [2.24, 2.45) is 0 Å². The molecule has 160 valence electrons. The molecule has 9 nitrogen and oxygen atoms in total. The maximum atomic E-state index is 10.5. The van der Waals surface area contributed by atoms with E-state index in [0.717, 1.165) is 14.3 Å². The molecule has 0 bridgehead atoms. The van der Waals surface area contributed by atoms with E-state index in [1.54, 1.807) is 20.7 Å². The molecule has 0 unspecified atom stereocenters. The van der Waals surface area contributed by atoms with Crippen LogP contribution < -0.4 is 10.5 Å². The first-order valence-corrected chi connectivity index (χ1v) is 11.8. The van der Waals surface area contributed by atoms with Crippen LogP contribution in [0.3, 0.4) is 0 Å². The van der Waals surface area contributed by atoms with Crippen molar-refractivity contribution in [1.82, 2.24) is 19.5 Å². The molecule has 1 aliphatic heterocycles. The van der Waals surface area contributed by atoms with E-state index in [1.165, 1.54) is 17.2 Å². The standard InChI is InChI=1S/C19H17N5O4S3/c20-17-14-18(22-7-21-17)24(8-23-14)19-16(26)15(25)11(28-19)6-27-10-3-1-9(2-4-10)12-5-13(29)31-30-12/h1-5,7-8,11,15-16,19,25-26H,6H2,(H2,20,21,22)/t11-,15-,16-,19-/m1/s1. The van der Waals surface area contributed by atoms with Crippen LogP contribution in [0, 0.1) is 3.82 Å². The van der Waals surface area contributed by atoms with Gasteiger partial charge in [-0.25, -0.2) is 15.0 Å². The van der Waals surface area contributed by atoms with Gasteiger partial charge >= 0.3 is 0 Å². The van der Waals surface area contributed by atoms with Gasteiger partial charge in [0.2, 0.25) is 0 Å². The first kappa shape index (κ1) is 20.4. The van der Waals surface area contributed by atoms with Crippen LogP contribution in [0.5, 0.6) is 5.75 Å². The maximum Gasteiger partial charge on any atom is 0.167 e. The Morgan fingerprint density at radius 3 is 2.68 bits per heavy atom. The molecule has 4 atom stereocenters. The number of fused-ring (bicyclic) bond motifs is 1. The molecule has 1 saturated heterocycles. The number of aliphatic hydroxyl groups is 2. The second-order valence-corrected chi connectivity index (χ2v) is 9.87. The number of ether oxygens (including phenoxy) is 2. The molecule has 0 aliphatic carbocycles. The average Bonchev–Trinajstić information content (AvgIpc) is 3.47. The fourth-order valence-electron chi connectivity index (χ4n) is 3.42. The van der Waals surface area contributed by atoms with Crippen LogP contribution in [-0.4, -0.2) is 54.7 Å². The highest BCUT2D eigenvalue weighted by atomic mass is 32.9. The number of nitrogens with two attached hydrogens (primary N) is 1. The SMILES string of the molecule is Nc1ncnc2c1ncn2[C@@H]1O[C@H](COc2ccc(-c3cc(=S)ss3)cc2)[C@@H](O)[C@H]1O. The summed E-state index contributed by atoms with van der Waals surface area (Å²) in [5.74, 6) is 0.859. The lowest BCUT2D eigenvalue weighted by atomic mass is 10.1. The fourth-order valence-corrected chi connectivity index (χ4v) is 5.82. The van der Waals surface area contributed by atoms with Crippen LogP contribution in [-0.2, 0) is 4.74 Å². The molecule has 3 aromatic heterocycles. The van der Waals surface area contributed by atoms with Crippen LogP contribution in [0.2, 0.25) is 0 Å². The van der Waals surface area contributed by atoms with Gasteiger partial charge in [0.15, 0.2) is 17.7 Å². The van der Waals surface area contributed by atoms with Crippen molar-refractivity contribution in [3.8, 4) is 16.2 Å². The number of aliphatic hydroxyl groups excluding tert-OH is 2. The van der Waals surface area contributed by atoms with Crippen LogP contribution in [0.25, 0.3) is 21.6 Å². The Hall–Kier alpha value is -2.48. The van der Waals surface area contributed by atoms with Crippen LogP contribution >= 0.6 is 32.9 Å². The molecule has 31 heavy (non-hydrogen) atoms. The zero-order valence-corrected chi connectivity index (χ0v) is 18.3. The summed E-state index contributed by atoms with van der Waals surface area (Å²) >= 11 is 5.18. The number of imidazole rings is 1. The van der Waals surface area contributed by atoms with Crippen molar-refractivity contribution in [1.29, 1.82) is 0 Å². The lowest BCUT2D eigenvalue weighted by Gasteiger charge is -2.16. The molecular weight excluding hydrogens is 458 g/mol. The molecule has 1 aliphatic rings. The highest BCUT2D eigenvalue weighted by molar-refractivity contribution is 7.80. The van der Waals surface area contributed by atoms with E-state index in [-0.39, 0.29) is 12.4 Å². The topological polar surface area (TPSA) is 129 Å². The number of hydrogen-bond acceptors (Lipinski definition) is 11. The second-order valence-electron chi connectivity index (χ2n) is 6.96. The van der Waals surface area contributed by atoms with Gasteiger partial charge in [-0.15, -0.1) is 0 Å². The summed E-state index contributed by atoms with van der Waals surface area (Å²) < 4.78 is 14.1. The Bertz CT molecular complexity index is 1270. The third-order valence-corrected chi connectivity index (χ3v) is 7.92. The van der Waals surface area contributed by atoms with Gasteiger partial charge in [0.05, 0.1) is 6.33 Å². The summed E-state index contributed by atoms with van der Waals surface area (Å²) in [6, 6.07) is 9.58. The maximum absolute atomic E-state index is 10.5. The second kappa shape index (κ2) is 8.22. The summed E-state index contributed by atoms with van der Waals surface area (Å²) in [5.41, 5.74) is 7.69. The molecular formula is C19H17N5O4S3. The summed E-state index contributed by atoms with van der Waals surface area (Å²) in [6.07, 6.45) is -1.17. The third kappa shape index (κ3) is 3.82. The Balaban J connectivity index is 1.28. The predicted molar refractivity (Wildman–Crippen MR) is 120 cm³/mol. The van der Waals surface area contributed by atoms with Gasteiger partial charge in [-0.2, -0.15) is 0 Å². The van der Waals surface area contributed by atoms with E-state index in [2.05, 4.69) is 15.0 Å². The van der Waals surface area contributed by atoms with E-state index in [0.29, 0.717) is 16.9 Å². The molecule has 0 spiro atoms. The molecule has 5 rings (SSSR count). The number of hydrogen-bond donors (Lipinski definition) is 3. The van der Waals surface area contributed by atoms with Crippen molar-refractivity contribution in [2.45, 2.75) is 24.5 Å². The highest BCUT2D eigenvalue weighted by Gasteiger charge is 2.44. The minimum Gasteiger partial charge on any atom is -0.491 e. The smallest absolute Gasteiger partial charge is 0.167 e. The van der Waals surface area contributed by atoms with Crippen LogP contribution in [0.15, 0.2) is 43.0 Å². The fraction of sp³-hybridized carbons (Fsp3) is 0.263. The number of benzene rings is 1. The summed E-state index contributed by atoms with van der Waals surface area (Å²) in [7, 11) is 3.20. The Morgan fingerprint density at radius 2 is 1.94 bits per heavy atom. The zero-order valence-electron chi connectivity index (χ0n) is 15.9. The normalized spacial score (nSPS) is 23.4. The molecule has 1 aromatic carbocycles. The Kier molecular flexibility index (Phi) is 5.42. The molecule has 0 saturated carbocycles. The molecule has 4 N–H and O–H groups in total. The van der Waals surface area contributed by atoms with Gasteiger partial charge in [-0.3, -0.25) is 4.57 Å². The van der Waals surface area contributed by atoms with Crippen molar-refractivity contribution in [2.75, 3.05) is 12.3 Å². The van der Waals surface area contributed by atoms with Crippen molar-refractivity contribution < 1.29 is 19.7 Å². The Morgan fingerprint density at radius 1 is 1.13 bits per heavy atom. The first-order chi connectivity index (χ1) is 15.0. The molecule has 0 amide bonds. The van der Waals surface area contributed by atoms with Gasteiger partial charge < -0.3 is 25.4 Å². The first-order valence-electron chi connectivity index (χ1n) is 9.29. The third-order valence-electron chi connectivity index (χ3n) is 5.01. The number of nitrogen functional groups attached to an aromatic ring is 1. The van der Waals surface area contributed by atoms with Gasteiger partial charge in [-0.1, -0.05) is 32.9 Å². The van der Waals surface area contributed by atoms with Gasteiger partial charge in [0.1, 0.15) is 46.3 Å². The lowest BCUT2D eigenvalue weighted by Crippen LogP contribution is -2.34. The monoisotopic (exact) mass is 475 g/mol. The molecule has 4 heterocycles. The number of nitrogens with zero attached hydrogens (tertiary/aromatic N) is 4. The summed E-state index contributed by atoms with van der Waals surface area (Å²) in [5, 5.41) is 21.0. The van der Waals surface area contributed by atoms with Crippen LogP contribution in [0.1, 0.15) is 6.23 Å². The average molecular weight is 476 g/mol. The van der Waals surface area contributed by atoms with E-state index < -0.39 is 24.5 Å². The van der Waals surface area contributed by atoms with Crippen LogP contribution in [0.4, 0.5) is 5.82 Å². The minimum absolute atomic E-state index is 0.0647. The molecule has 12 heteroatoms. The zero-order chi connectivity index (χ0) is 21.5. The van der Waals surface area contributed by atoms with E-state index in [9.17, 15) is 10.2 Å². The highest BCUT2D eigenvalue weighted by Crippen LogP contribution is 2.33. The summed E-state index contributed by atoms with van der Waals surface area (Å²) in [6.45, 7) is 0.0647. The van der Waals surface area contributed by atoms with Crippen molar-refractivity contribution in [3.63, 3.8) is 0 Å². The van der Waals surface area contributed by atoms with Crippen molar-refractivity contribution >= 4 is 49.9 Å². The predicted octanol–water partition coefficient (Wildman–Crippen LogP) is 2.63. The quantitative estimate of drug-likeness (QED) is 0.295. The molecule has 1 fully saturated rings. The molecule has 4 aromatic rings. The van der Waals surface area contributed by atoms with Gasteiger partial charge in [0, 0.05) is 4.88 Å².